The monoisotopic (exact) mass is 353 g/mol. The summed E-state index contributed by atoms with van der Waals surface area (Å²) in [5.41, 5.74) is 3.48. The van der Waals surface area contributed by atoms with E-state index in [0.717, 1.165) is 29.7 Å². The number of halogens is 1. The molecule has 0 spiro atoms. The average Bonchev–Trinajstić information content (AvgIpc) is 3.12. The third-order valence-corrected chi connectivity index (χ3v) is 4.46. The maximum Gasteiger partial charge on any atom is 0.189 e. The quantitative estimate of drug-likeness (QED) is 0.807. The standard InChI is InChI=1S/C20H20FN3O2/c1-23(10-8-21)16-7-9-24-12-17(22-20(24)11-16)19-14-25-13-18(26-19)15-5-3-2-4-6-15/h2-3,5,7,9,11-14H,4,6,8,10H2,1H3. The minimum atomic E-state index is -0.389. The fourth-order valence-corrected chi connectivity index (χ4v) is 2.97. The second-order valence-corrected chi connectivity index (χ2v) is 6.25. The van der Waals surface area contributed by atoms with Gasteiger partial charge in [-0.05, 0) is 24.5 Å². The maximum absolute atomic E-state index is 12.6. The van der Waals surface area contributed by atoms with E-state index in [4.69, 9.17) is 9.47 Å². The molecule has 2 aromatic heterocycles. The van der Waals surface area contributed by atoms with E-state index in [2.05, 4.69) is 11.1 Å². The maximum atomic E-state index is 12.6. The highest BCUT2D eigenvalue weighted by atomic mass is 19.1. The van der Waals surface area contributed by atoms with E-state index in [0.29, 0.717) is 23.8 Å². The molecule has 0 bridgehead atoms. The number of imidazole rings is 1. The fraction of sp³-hybridized carbons (Fsp3) is 0.250. The van der Waals surface area contributed by atoms with Crippen LogP contribution in [0.25, 0.3) is 11.4 Å². The largest absolute Gasteiger partial charge is 0.465 e. The Balaban J connectivity index is 1.57. The zero-order chi connectivity index (χ0) is 17.9. The van der Waals surface area contributed by atoms with Crippen molar-refractivity contribution in [2.24, 2.45) is 0 Å². The van der Waals surface area contributed by atoms with Crippen LogP contribution >= 0.6 is 0 Å². The molecule has 0 fully saturated rings. The van der Waals surface area contributed by atoms with Crippen LogP contribution in [0, 0.1) is 0 Å². The number of fused-ring (bicyclic) bond motifs is 1. The molecule has 1 aliphatic carbocycles. The topological polar surface area (TPSA) is 39.0 Å². The zero-order valence-electron chi connectivity index (χ0n) is 14.6. The molecule has 2 aliphatic rings. The van der Waals surface area contributed by atoms with E-state index in [-0.39, 0.29) is 6.67 Å². The van der Waals surface area contributed by atoms with Gasteiger partial charge in [-0.3, -0.25) is 0 Å². The molecule has 6 heteroatoms. The van der Waals surface area contributed by atoms with E-state index in [1.165, 1.54) is 0 Å². The summed E-state index contributed by atoms with van der Waals surface area (Å²) in [4.78, 5) is 6.49. The van der Waals surface area contributed by atoms with E-state index >= 15 is 0 Å². The lowest BCUT2D eigenvalue weighted by atomic mass is 10.0. The van der Waals surface area contributed by atoms with E-state index in [9.17, 15) is 4.39 Å². The van der Waals surface area contributed by atoms with Crippen molar-refractivity contribution in [2.75, 3.05) is 25.2 Å². The van der Waals surface area contributed by atoms with E-state index in [1.54, 1.807) is 12.5 Å². The molecule has 0 radical (unpaired) electrons. The van der Waals surface area contributed by atoms with Crippen LogP contribution in [-0.4, -0.2) is 29.7 Å². The number of pyridine rings is 1. The van der Waals surface area contributed by atoms with Gasteiger partial charge in [-0.15, -0.1) is 0 Å². The Bertz CT molecular complexity index is 940. The van der Waals surface area contributed by atoms with E-state index < -0.39 is 0 Å². The number of ether oxygens (including phenoxy) is 2. The van der Waals surface area contributed by atoms with Crippen LogP contribution in [-0.2, 0) is 9.47 Å². The molecule has 4 rings (SSSR count). The van der Waals surface area contributed by atoms with Crippen molar-refractivity contribution < 1.29 is 13.9 Å². The van der Waals surface area contributed by atoms with Crippen molar-refractivity contribution in [3.8, 4) is 0 Å². The number of hydrogen-bond donors (Lipinski definition) is 0. The SMILES string of the molecule is CN(CCF)c1ccn2cc(C3=COC=C(C4=CC=CCC4)O3)nc2c1. The lowest BCUT2D eigenvalue weighted by Gasteiger charge is -2.18. The first kappa shape index (κ1) is 16.4. The van der Waals surface area contributed by atoms with Gasteiger partial charge in [-0.25, -0.2) is 9.37 Å². The molecular formula is C20H20FN3O2. The van der Waals surface area contributed by atoms with Crippen molar-refractivity contribution in [1.29, 1.82) is 0 Å². The Hall–Kier alpha value is -3.02. The highest BCUT2D eigenvalue weighted by Gasteiger charge is 2.18. The summed E-state index contributed by atoms with van der Waals surface area (Å²) in [5.74, 6) is 1.28. The van der Waals surface area contributed by atoms with Crippen molar-refractivity contribution in [3.63, 3.8) is 0 Å². The summed E-state index contributed by atoms with van der Waals surface area (Å²) in [6.45, 7) is -0.0385. The van der Waals surface area contributed by atoms with Crippen molar-refractivity contribution in [3.05, 3.63) is 72.3 Å². The molecule has 2 aromatic rings. The number of allylic oxidation sites excluding steroid dienone is 4. The minimum absolute atomic E-state index is 0.351. The molecule has 26 heavy (non-hydrogen) atoms. The van der Waals surface area contributed by atoms with Gasteiger partial charge in [0.25, 0.3) is 0 Å². The molecule has 0 saturated heterocycles. The number of nitrogens with zero attached hydrogens (tertiary/aromatic N) is 3. The van der Waals surface area contributed by atoms with Gasteiger partial charge in [0.2, 0.25) is 0 Å². The van der Waals surface area contributed by atoms with Crippen molar-refractivity contribution >= 4 is 17.1 Å². The molecular weight excluding hydrogens is 333 g/mol. The molecule has 0 amide bonds. The first-order valence-electron chi connectivity index (χ1n) is 8.60. The smallest absolute Gasteiger partial charge is 0.189 e. The lowest BCUT2D eigenvalue weighted by Crippen LogP contribution is -2.19. The summed E-state index contributed by atoms with van der Waals surface area (Å²) >= 11 is 0. The van der Waals surface area contributed by atoms with Crippen molar-refractivity contribution in [2.45, 2.75) is 12.8 Å². The highest BCUT2D eigenvalue weighted by molar-refractivity contribution is 5.64. The molecule has 0 saturated carbocycles. The van der Waals surface area contributed by atoms with Gasteiger partial charge < -0.3 is 18.8 Å². The van der Waals surface area contributed by atoms with Gasteiger partial charge in [0.1, 0.15) is 30.5 Å². The van der Waals surface area contributed by atoms with Gasteiger partial charge in [0.15, 0.2) is 11.5 Å². The van der Waals surface area contributed by atoms with Gasteiger partial charge in [0.05, 0.1) is 0 Å². The Morgan fingerprint density at radius 3 is 3.00 bits per heavy atom. The predicted molar refractivity (Wildman–Crippen MR) is 99.1 cm³/mol. The fourth-order valence-electron chi connectivity index (χ4n) is 2.97. The summed E-state index contributed by atoms with van der Waals surface area (Å²) in [7, 11) is 1.86. The molecule has 134 valence electrons. The molecule has 0 aromatic carbocycles. The molecule has 0 atom stereocenters. The summed E-state index contributed by atoms with van der Waals surface area (Å²) in [5, 5.41) is 0. The number of hydrogen-bond acceptors (Lipinski definition) is 4. The molecule has 5 nitrogen and oxygen atoms in total. The van der Waals surface area contributed by atoms with Crippen LogP contribution in [0.2, 0.25) is 0 Å². The van der Waals surface area contributed by atoms with Gasteiger partial charge >= 0.3 is 0 Å². The van der Waals surface area contributed by atoms with Crippen LogP contribution in [0.15, 0.2) is 66.6 Å². The number of aromatic nitrogens is 2. The molecule has 0 unspecified atom stereocenters. The van der Waals surface area contributed by atoms with Crippen LogP contribution in [0.3, 0.4) is 0 Å². The number of anilines is 1. The van der Waals surface area contributed by atoms with Crippen LogP contribution in [0.4, 0.5) is 10.1 Å². The first-order valence-corrected chi connectivity index (χ1v) is 8.60. The molecule has 0 N–H and O–H groups in total. The van der Waals surface area contributed by atoms with Gasteiger partial charge in [-0.2, -0.15) is 0 Å². The lowest BCUT2D eigenvalue weighted by molar-refractivity contribution is 0.284. The average molecular weight is 353 g/mol. The van der Waals surface area contributed by atoms with Gasteiger partial charge in [-0.1, -0.05) is 18.2 Å². The normalized spacial score (nSPS) is 16.5. The third kappa shape index (κ3) is 3.22. The summed E-state index contributed by atoms with van der Waals surface area (Å²) in [6.07, 6.45) is 15.1. The van der Waals surface area contributed by atoms with Crippen LogP contribution in [0.5, 0.6) is 0 Å². The van der Waals surface area contributed by atoms with Crippen LogP contribution < -0.4 is 4.90 Å². The Morgan fingerprint density at radius 1 is 1.31 bits per heavy atom. The Morgan fingerprint density at radius 2 is 2.19 bits per heavy atom. The zero-order valence-corrected chi connectivity index (χ0v) is 14.6. The predicted octanol–water partition coefficient (Wildman–Crippen LogP) is 4.20. The Labute approximate surface area is 151 Å². The number of alkyl halides is 1. The van der Waals surface area contributed by atoms with Crippen molar-refractivity contribution in [1.82, 2.24) is 9.38 Å². The van der Waals surface area contributed by atoms with Crippen LogP contribution in [0.1, 0.15) is 18.5 Å². The molecule has 3 heterocycles. The first-order chi connectivity index (χ1) is 12.7. The number of rotatable bonds is 5. The second-order valence-electron chi connectivity index (χ2n) is 6.25. The van der Waals surface area contributed by atoms with Gasteiger partial charge in [0, 0.05) is 37.7 Å². The Kier molecular flexibility index (Phi) is 4.48. The highest BCUT2D eigenvalue weighted by Crippen LogP contribution is 2.30. The third-order valence-electron chi connectivity index (χ3n) is 4.46. The molecule has 1 aliphatic heterocycles. The minimum Gasteiger partial charge on any atom is -0.465 e. The summed E-state index contributed by atoms with van der Waals surface area (Å²) < 4.78 is 26.0. The second kappa shape index (κ2) is 7.07. The summed E-state index contributed by atoms with van der Waals surface area (Å²) in [6, 6.07) is 3.86. The van der Waals surface area contributed by atoms with E-state index in [1.807, 2.05) is 53.0 Å².